The maximum absolute atomic E-state index is 12.2. The van der Waals surface area contributed by atoms with Gasteiger partial charge in [-0.15, -0.1) is 0 Å². The Morgan fingerprint density at radius 2 is 2.14 bits per heavy atom. The highest BCUT2D eigenvalue weighted by atomic mass is 32.2. The van der Waals surface area contributed by atoms with Gasteiger partial charge in [-0.2, -0.15) is 0 Å². The summed E-state index contributed by atoms with van der Waals surface area (Å²) in [5.74, 6) is 1.00. The number of hydrogen-bond donors (Lipinski definition) is 2. The molecule has 0 atom stereocenters. The molecule has 2 rings (SSSR count). The van der Waals surface area contributed by atoms with Gasteiger partial charge in [0.2, 0.25) is 10.0 Å². The van der Waals surface area contributed by atoms with Crippen LogP contribution in [-0.4, -0.2) is 26.7 Å². The SMILES string of the molecule is CCCOc1ccc(S(=O)(=O)NCC2CCC2)cc1CO. The molecule has 1 aliphatic carbocycles. The van der Waals surface area contributed by atoms with Crippen LogP contribution in [0.25, 0.3) is 0 Å². The molecule has 0 bridgehead atoms. The number of benzene rings is 1. The van der Waals surface area contributed by atoms with E-state index in [0.717, 1.165) is 19.3 Å². The van der Waals surface area contributed by atoms with Gasteiger partial charge < -0.3 is 9.84 Å². The fraction of sp³-hybridized carbons (Fsp3) is 0.600. The summed E-state index contributed by atoms with van der Waals surface area (Å²) in [4.78, 5) is 0.176. The Hall–Kier alpha value is -1.11. The van der Waals surface area contributed by atoms with E-state index in [2.05, 4.69) is 4.72 Å². The molecule has 5 nitrogen and oxygen atoms in total. The van der Waals surface area contributed by atoms with Crippen molar-refractivity contribution in [2.75, 3.05) is 13.2 Å². The normalized spacial score (nSPS) is 15.7. The largest absolute Gasteiger partial charge is 0.493 e. The van der Waals surface area contributed by atoms with E-state index in [1.165, 1.54) is 18.6 Å². The first-order valence-electron chi connectivity index (χ1n) is 7.43. The Bertz CT molecular complexity index is 567. The molecule has 118 valence electrons. The van der Waals surface area contributed by atoms with Crippen molar-refractivity contribution in [2.45, 2.75) is 44.1 Å². The lowest BCUT2D eigenvalue weighted by Crippen LogP contribution is -2.32. The summed E-state index contributed by atoms with van der Waals surface area (Å²) < 4.78 is 32.6. The van der Waals surface area contributed by atoms with E-state index in [9.17, 15) is 13.5 Å². The van der Waals surface area contributed by atoms with Crippen molar-refractivity contribution in [3.05, 3.63) is 23.8 Å². The second-order valence-electron chi connectivity index (χ2n) is 5.42. The van der Waals surface area contributed by atoms with Gasteiger partial charge in [0.25, 0.3) is 0 Å². The minimum atomic E-state index is -3.52. The zero-order chi connectivity index (χ0) is 15.3. The highest BCUT2D eigenvalue weighted by Gasteiger charge is 2.22. The van der Waals surface area contributed by atoms with E-state index in [1.807, 2.05) is 6.92 Å². The van der Waals surface area contributed by atoms with Crippen LogP contribution in [0.5, 0.6) is 5.75 Å². The van der Waals surface area contributed by atoms with Gasteiger partial charge in [-0.1, -0.05) is 13.3 Å². The second-order valence-corrected chi connectivity index (χ2v) is 7.19. The van der Waals surface area contributed by atoms with Crippen LogP contribution in [0.15, 0.2) is 23.1 Å². The van der Waals surface area contributed by atoms with Crippen molar-refractivity contribution < 1.29 is 18.3 Å². The first-order chi connectivity index (χ1) is 10.1. The lowest BCUT2D eigenvalue weighted by atomic mass is 9.86. The van der Waals surface area contributed by atoms with Gasteiger partial charge in [-0.3, -0.25) is 0 Å². The Balaban J connectivity index is 2.10. The lowest BCUT2D eigenvalue weighted by molar-refractivity contribution is 0.262. The molecule has 1 aromatic rings. The molecule has 1 saturated carbocycles. The monoisotopic (exact) mass is 313 g/mol. The number of hydrogen-bond acceptors (Lipinski definition) is 4. The molecule has 0 heterocycles. The van der Waals surface area contributed by atoms with Crippen molar-refractivity contribution in [3.8, 4) is 5.75 Å². The van der Waals surface area contributed by atoms with Crippen molar-refractivity contribution >= 4 is 10.0 Å². The number of aliphatic hydroxyl groups excluding tert-OH is 1. The van der Waals surface area contributed by atoms with E-state index in [0.29, 0.717) is 30.4 Å². The number of rotatable bonds is 8. The van der Waals surface area contributed by atoms with Crippen molar-refractivity contribution in [2.24, 2.45) is 5.92 Å². The minimum absolute atomic E-state index is 0.176. The first-order valence-corrected chi connectivity index (χ1v) is 8.91. The Morgan fingerprint density at radius 3 is 2.71 bits per heavy atom. The third-order valence-corrected chi connectivity index (χ3v) is 5.18. The second kappa shape index (κ2) is 7.24. The highest BCUT2D eigenvalue weighted by molar-refractivity contribution is 7.89. The predicted molar refractivity (Wildman–Crippen MR) is 80.7 cm³/mol. The van der Waals surface area contributed by atoms with Crippen LogP contribution in [0.1, 0.15) is 38.2 Å². The minimum Gasteiger partial charge on any atom is -0.493 e. The molecule has 0 radical (unpaired) electrons. The summed E-state index contributed by atoms with van der Waals surface area (Å²) in [6.45, 7) is 2.77. The van der Waals surface area contributed by atoms with E-state index in [-0.39, 0.29) is 11.5 Å². The summed E-state index contributed by atoms with van der Waals surface area (Å²) >= 11 is 0. The first kappa shape index (κ1) is 16.3. The molecule has 0 saturated heterocycles. The average molecular weight is 313 g/mol. The van der Waals surface area contributed by atoms with Crippen LogP contribution in [-0.2, 0) is 16.6 Å². The van der Waals surface area contributed by atoms with Gasteiger partial charge >= 0.3 is 0 Å². The van der Waals surface area contributed by atoms with Crippen molar-refractivity contribution in [3.63, 3.8) is 0 Å². The van der Waals surface area contributed by atoms with E-state index < -0.39 is 10.0 Å². The van der Waals surface area contributed by atoms with Gasteiger partial charge in [0, 0.05) is 12.1 Å². The summed E-state index contributed by atoms with van der Waals surface area (Å²) in [5, 5.41) is 9.38. The van der Waals surface area contributed by atoms with Crippen LogP contribution >= 0.6 is 0 Å². The van der Waals surface area contributed by atoms with E-state index in [1.54, 1.807) is 6.07 Å². The molecular weight excluding hydrogens is 290 g/mol. The predicted octanol–water partition coefficient (Wildman–Crippen LogP) is 2.05. The van der Waals surface area contributed by atoms with Gasteiger partial charge in [-0.05, 0) is 43.4 Å². The Morgan fingerprint density at radius 1 is 1.38 bits per heavy atom. The van der Waals surface area contributed by atoms with E-state index >= 15 is 0 Å². The molecule has 0 aliphatic heterocycles. The Kier molecular flexibility index (Phi) is 5.61. The standard InChI is InChI=1S/C15H23NO4S/c1-2-8-20-15-7-6-14(9-13(15)11-17)21(18,19)16-10-12-4-3-5-12/h6-7,9,12,16-17H,2-5,8,10-11H2,1H3. The van der Waals surface area contributed by atoms with Crippen molar-refractivity contribution in [1.82, 2.24) is 4.72 Å². The average Bonchev–Trinajstić information content (AvgIpc) is 2.43. The fourth-order valence-electron chi connectivity index (χ4n) is 2.21. The molecular formula is C15H23NO4S. The maximum Gasteiger partial charge on any atom is 0.240 e. The number of aliphatic hydroxyl groups is 1. The molecule has 0 amide bonds. The molecule has 1 aromatic carbocycles. The third-order valence-electron chi connectivity index (χ3n) is 3.76. The maximum atomic E-state index is 12.2. The molecule has 21 heavy (non-hydrogen) atoms. The molecule has 2 N–H and O–H groups in total. The fourth-order valence-corrected chi connectivity index (χ4v) is 3.37. The number of sulfonamides is 1. The number of nitrogens with one attached hydrogen (secondary N) is 1. The topological polar surface area (TPSA) is 75.6 Å². The molecule has 1 aliphatic rings. The molecule has 6 heteroatoms. The van der Waals surface area contributed by atoms with Crippen LogP contribution in [0, 0.1) is 5.92 Å². The summed E-state index contributed by atoms with van der Waals surface area (Å²) in [6.07, 6.45) is 4.22. The number of ether oxygens (including phenoxy) is 1. The van der Waals surface area contributed by atoms with Gasteiger partial charge in [0.15, 0.2) is 0 Å². The summed E-state index contributed by atoms with van der Waals surface area (Å²) in [5.41, 5.74) is 0.495. The van der Waals surface area contributed by atoms with Crippen LogP contribution in [0.4, 0.5) is 0 Å². The van der Waals surface area contributed by atoms with Gasteiger partial charge in [0.1, 0.15) is 5.75 Å². The third kappa shape index (κ3) is 4.18. The zero-order valence-corrected chi connectivity index (χ0v) is 13.2. The summed E-state index contributed by atoms with van der Waals surface area (Å²) in [6, 6.07) is 4.61. The summed E-state index contributed by atoms with van der Waals surface area (Å²) in [7, 11) is -3.52. The van der Waals surface area contributed by atoms with Crippen LogP contribution in [0.3, 0.4) is 0 Å². The highest BCUT2D eigenvalue weighted by Crippen LogP contribution is 2.26. The molecule has 1 fully saturated rings. The van der Waals surface area contributed by atoms with Crippen LogP contribution in [0.2, 0.25) is 0 Å². The lowest BCUT2D eigenvalue weighted by Gasteiger charge is -2.25. The molecule has 0 spiro atoms. The van der Waals surface area contributed by atoms with Crippen molar-refractivity contribution in [1.29, 1.82) is 0 Å². The zero-order valence-electron chi connectivity index (χ0n) is 12.3. The smallest absolute Gasteiger partial charge is 0.240 e. The van der Waals surface area contributed by atoms with Gasteiger partial charge in [0.05, 0.1) is 18.1 Å². The van der Waals surface area contributed by atoms with E-state index in [4.69, 9.17) is 4.74 Å². The van der Waals surface area contributed by atoms with Crippen LogP contribution < -0.4 is 9.46 Å². The molecule has 0 unspecified atom stereocenters. The Labute approximate surface area is 126 Å². The quantitative estimate of drug-likeness (QED) is 0.770. The van der Waals surface area contributed by atoms with Gasteiger partial charge in [-0.25, -0.2) is 13.1 Å². The molecule has 0 aromatic heterocycles.